The van der Waals surface area contributed by atoms with Gasteiger partial charge in [-0.1, -0.05) is 17.7 Å². The summed E-state index contributed by atoms with van der Waals surface area (Å²) in [5, 5.41) is 9.49. The van der Waals surface area contributed by atoms with Crippen molar-refractivity contribution in [3.8, 4) is 17.0 Å². The number of pyridine rings is 1. The standard InChI is InChI=1S/C13H10ClNO3/c1-18-13(17)10-6-8(2-4-11(10)14)12-5-3-9(16)7-15-12/h2-7,16H,1H3. The Morgan fingerprint density at radius 3 is 2.72 bits per heavy atom. The molecule has 5 heteroatoms. The molecule has 18 heavy (non-hydrogen) atoms. The Morgan fingerprint density at radius 2 is 2.11 bits per heavy atom. The summed E-state index contributed by atoms with van der Waals surface area (Å²) in [6.45, 7) is 0. The van der Waals surface area contributed by atoms with E-state index in [4.69, 9.17) is 11.6 Å². The van der Waals surface area contributed by atoms with Crippen LogP contribution in [-0.4, -0.2) is 23.2 Å². The minimum atomic E-state index is -0.499. The third-order valence-electron chi connectivity index (χ3n) is 2.42. The fourth-order valence-electron chi connectivity index (χ4n) is 1.51. The highest BCUT2D eigenvalue weighted by Gasteiger charge is 2.12. The molecule has 1 aromatic heterocycles. The molecule has 0 radical (unpaired) electrons. The number of aromatic hydroxyl groups is 1. The number of rotatable bonds is 2. The highest BCUT2D eigenvalue weighted by atomic mass is 35.5. The molecule has 0 atom stereocenters. The first-order valence-electron chi connectivity index (χ1n) is 5.15. The molecule has 0 unspecified atom stereocenters. The van der Waals surface area contributed by atoms with E-state index in [9.17, 15) is 9.90 Å². The minimum Gasteiger partial charge on any atom is -0.506 e. The molecule has 2 rings (SSSR count). The first-order valence-corrected chi connectivity index (χ1v) is 5.53. The third kappa shape index (κ3) is 2.43. The summed E-state index contributed by atoms with van der Waals surface area (Å²) >= 11 is 5.92. The van der Waals surface area contributed by atoms with Crippen molar-refractivity contribution in [3.63, 3.8) is 0 Å². The predicted octanol–water partition coefficient (Wildman–Crippen LogP) is 2.89. The number of carbonyl (C=O) groups excluding carboxylic acids is 1. The van der Waals surface area contributed by atoms with Crippen LogP contribution in [0.3, 0.4) is 0 Å². The van der Waals surface area contributed by atoms with Gasteiger partial charge in [-0.3, -0.25) is 4.98 Å². The highest BCUT2D eigenvalue weighted by molar-refractivity contribution is 6.33. The summed E-state index contributed by atoms with van der Waals surface area (Å²) in [6, 6.07) is 8.13. The number of halogens is 1. The lowest BCUT2D eigenvalue weighted by atomic mass is 10.1. The van der Waals surface area contributed by atoms with E-state index < -0.39 is 5.97 Å². The molecule has 2 aromatic rings. The van der Waals surface area contributed by atoms with Gasteiger partial charge in [0, 0.05) is 5.56 Å². The number of aromatic nitrogens is 1. The molecule has 4 nitrogen and oxygen atoms in total. The lowest BCUT2D eigenvalue weighted by Crippen LogP contribution is -2.02. The highest BCUT2D eigenvalue weighted by Crippen LogP contribution is 2.25. The molecular weight excluding hydrogens is 254 g/mol. The van der Waals surface area contributed by atoms with Crippen molar-refractivity contribution in [1.29, 1.82) is 0 Å². The van der Waals surface area contributed by atoms with E-state index in [1.165, 1.54) is 19.4 Å². The van der Waals surface area contributed by atoms with Crippen molar-refractivity contribution in [2.24, 2.45) is 0 Å². The molecule has 0 bridgehead atoms. The van der Waals surface area contributed by atoms with Crippen molar-refractivity contribution in [3.05, 3.63) is 47.1 Å². The normalized spacial score (nSPS) is 10.1. The molecule has 0 aliphatic carbocycles. The monoisotopic (exact) mass is 263 g/mol. The molecule has 0 saturated heterocycles. The average Bonchev–Trinajstić information content (AvgIpc) is 2.39. The van der Waals surface area contributed by atoms with Crippen molar-refractivity contribution < 1.29 is 14.6 Å². The topological polar surface area (TPSA) is 59.4 Å². The maximum Gasteiger partial charge on any atom is 0.339 e. The first-order chi connectivity index (χ1) is 8.61. The second-order valence-electron chi connectivity index (χ2n) is 3.59. The number of nitrogens with zero attached hydrogens (tertiary/aromatic N) is 1. The number of esters is 1. The van der Waals surface area contributed by atoms with E-state index in [0.29, 0.717) is 10.7 Å². The smallest absolute Gasteiger partial charge is 0.339 e. The van der Waals surface area contributed by atoms with Gasteiger partial charge in [0.1, 0.15) is 5.75 Å². The van der Waals surface area contributed by atoms with Crippen LogP contribution in [0.15, 0.2) is 36.5 Å². The van der Waals surface area contributed by atoms with Crippen LogP contribution in [-0.2, 0) is 4.74 Å². The molecule has 0 aliphatic rings. The van der Waals surface area contributed by atoms with Gasteiger partial charge in [0.05, 0.1) is 29.6 Å². The maximum absolute atomic E-state index is 11.5. The van der Waals surface area contributed by atoms with Crippen LogP contribution < -0.4 is 0 Å². The zero-order chi connectivity index (χ0) is 13.1. The lowest BCUT2D eigenvalue weighted by molar-refractivity contribution is 0.0601. The molecule has 0 spiro atoms. The maximum atomic E-state index is 11.5. The predicted molar refractivity (Wildman–Crippen MR) is 67.7 cm³/mol. The van der Waals surface area contributed by atoms with Gasteiger partial charge in [-0.2, -0.15) is 0 Å². The van der Waals surface area contributed by atoms with E-state index in [1.807, 2.05) is 0 Å². The van der Waals surface area contributed by atoms with E-state index in [-0.39, 0.29) is 11.3 Å². The van der Waals surface area contributed by atoms with E-state index in [1.54, 1.807) is 24.3 Å². The third-order valence-corrected chi connectivity index (χ3v) is 2.74. The summed E-state index contributed by atoms with van der Waals surface area (Å²) in [5.74, 6) is -0.415. The van der Waals surface area contributed by atoms with Crippen LogP contribution in [0.25, 0.3) is 11.3 Å². The number of ether oxygens (including phenoxy) is 1. The largest absolute Gasteiger partial charge is 0.506 e. The summed E-state index contributed by atoms with van der Waals surface area (Å²) in [7, 11) is 1.30. The van der Waals surface area contributed by atoms with Crippen LogP contribution >= 0.6 is 11.6 Å². The molecule has 1 N–H and O–H groups in total. The van der Waals surface area contributed by atoms with Gasteiger partial charge in [0.2, 0.25) is 0 Å². The van der Waals surface area contributed by atoms with E-state index >= 15 is 0 Å². The van der Waals surface area contributed by atoms with Gasteiger partial charge in [-0.15, -0.1) is 0 Å². The second kappa shape index (κ2) is 5.06. The quantitative estimate of drug-likeness (QED) is 0.847. The van der Waals surface area contributed by atoms with Crippen molar-refractivity contribution in [2.75, 3.05) is 7.11 Å². The van der Waals surface area contributed by atoms with Gasteiger partial charge in [-0.25, -0.2) is 4.79 Å². The second-order valence-corrected chi connectivity index (χ2v) is 4.00. The summed E-state index contributed by atoms with van der Waals surface area (Å²) < 4.78 is 4.64. The van der Waals surface area contributed by atoms with Gasteiger partial charge in [0.15, 0.2) is 0 Å². The van der Waals surface area contributed by atoms with Gasteiger partial charge in [0.25, 0.3) is 0 Å². The van der Waals surface area contributed by atoms with Gasteiger partial charge < -0.3 is 9.84 Å². The number of hydrogen-bond acceptors (Lipinski definition) is 4. The van der Waals surface area contributed by atoms with Gasteiger partial charge >= 0.3 is 5.97 Å². The number of carbonyl (C=O) groups is 1. The van der Waals surface area contributed by atoms with Gasteiger partial charge in [-0.05, 0) is 24.3 Å². The van der Waals surface area contributed by atoms with Crippen LogP contribution in [0.4, 0.5) is 0 Å². The van der Waals surface area contributed by atoms with E-state index in [0.717, 1.165) is 5.56 Å². The molecule has 92 valence electrons. The number of methoxy groups -OCH3 is 1. The molecule has 1 heterocycles. The zero-order valence-corrected chi connectivity index (χ0v) is 10.3. The molecule has 0 saturated carbocycles. The van der Waals surface area contributed by atoms with Crippen LogP contribution in [0.2, 0.25) is 5.02 Å². The fraction of sp³-hybridized carbons (Fsp3) is 0.0769. The lowest BCUT2D eigenvalue weighted by Gasteiger charge is -2.06. The zero-order valence-electron chi connectivity index (χ0n) is 9.55. The van der Waals surface area contributed by atoms with Crippen molar-refractivity contribution in [2.45, 2.75) is 0 Å². The number of hydrogen-bond donors (Lipinski definition) is 1. The average molecular weight is 264 g/mol. The van der Waals surface area contributed by atoms with Crippen molar-refractivity contribution in [1.82, 2.24) is 4.98 Å². The summed E-state index contributed by atoms with van der Waals surface area (Å²) in [6.07, 6.45) is 1.34. The van der Waals surface area contributed by atoms with E-state index in [2.05, 4.69) is 9.72 Å². The Bertz CT molecular complexity index is 581. The molecular formula is C13H10ClNO3. The molecule has 1 aromatic carbocycles. The number of benzene rings is 1. The SMILES string of the molecule is COC(=O)c1cc(-c2ccc(O)cn2)ccc1Cl. The summed E-state index contributed by atoms with van der Waals surface area (Å²) in [5.41, 5.74) is 1.64. The Hall–Kier alpha value is -2.07. The Morgan fingerprint density at radius 1 is 1.33 bits per heavy atom. The van der Waals surface area contributed by atoms with Crippen LogP contribution in [0, 0.1) is 0 Å². The summed E-state index contributed by atoms with van der Waals surface area (Å²) in [4.78, 5) is 15.6. The Balaban J connectivity index is 2.46. The molecule has 0 aliphatic heterocycles. The molecule has 0 amide bonds. The van der Waals surface area contributed by atoms with Crippen LogP contribution in [0.5, 0.6) is 5.75 Å². The van der Waals surface area contributed by atoms with Crippen molar-refractivity contribution >= 4 is 17.6 Å². The fourth-order valence-corrected chi connectivity index (χ4v) is 1.70. The Kier molecular flexibility index (Phi) is 3.48. The Labute approximate surface area is 109 Å². The van der Waals surface area contributed by atoms with Crippen LogP contribution in [0.1, 0.15) is 10.4 Å². The minimum absolute atomic E-state index is 0.0842. The first kappa shape index (κ1) is 12.4. The molecule has 0 fully saturated rings.